The molecule has 2 aromatic rings. The zero-order chi connectivity index (χ0) is 10.8. The molecule has 0 radical (unpaired) electrons. The van der Waals surface area contributed by atoms with Gasteiger partial charge in [0.05, 0.1) is 11.3 Å². The van der Waals surface area contributed by atoms with Gasteiger partial charge < -0.3 is 9.30 Å². The maximum Gasteiger partial charge on any atom is 0.183 e. The maximum absolute atomic E-state index is 7.85. The lowest BCUT2D eigenvalue weighted by Crippen LogP contribution is -2.11. The molecular formula is C11H14N2OS. The normalized spacial score (nSPS) is 10.8. The number of hydrogen-bond donors (Lipinski definition) is 1. The summed E-state index contributed by atoms with van der Waals surface area (Å²) < 4.78 is 8.67. The number of benzene rings is 1. The van der Waals surface area contributed by atoms with Gasteiger partial charge in [-0.15, -0.1) is 0 Å². The van der Waals surface area contributed by atoms with E-state index in [2.05, 4.69) is 0 Å². The highest BCUT2D eigenvalue weighted by Crippen LogP contribution is 2.27. The molecule has 1 heterocycles. The van der Waals surface area contributed by atoms with Crippen LogP contribution in [0.25, 0.3) is 10.2 Å². The summed E-state index contributed by atoms with van der Waals surface area (Å²) in [5.74, 6) is 0.881. The summed E-state index contributed by atoms with van der Waals surface area (Å²) in [6.07, 6.45) is 0. The van der Waals surface area contributed by atoms with Crippen LogP contribution in [0.15, 0.2) is 18.2 Å². The van der Waals surface area contributed by atoms with E-state index in [1.54, 1.807) is 0 Å². The minimum atomic E-state index is 0.583. The highest BCUT2D eigenvalue weighted by Gasteiger charge is 2.08. The fourth-order valence-electron chi connectivity index (χ4n) is 1.69. The average Bonchev–Trinajstić information content (AvgIpc) is 2.55. The summed E-state index contributed by atoms with van der Waals surface area (Å²) in [6.45, 7) is 5.49. The van der Waals surface area contributed by atoms with Crippen LogP contribution in [0.3, 0.4) is 0 Å². The maximum atomic E-state index is 7.85. The Labute approximate surface area is 92.4 Å². The van der Waals surface area contributed by atoms with Gasteiger partial charge in [0.25, 0.3) is 0 Å². The molecule has 0 atom stereocenters. The molecule has 80 valence electrons. The van der Waals surface area contributed by atoms with Crippen LogP contribution in [-0.4, -0.2) is 11.2 Å². The monoisotopic (exact) mass is 222 g/mol. The third kappa shape index (κ3) is 1.65. The SMILES string of the molecule is CCOc1cccc2sc(=N)n(CC)c12. The van der Waals surface area contributed by atoms with Crippen molar-refractivity contribution in [3.8, 4) is 5.75 Å². The Morgan fingerprint density at radius 1 is 1.40 bits per heavy atom. The third-order valence-corrected chi connectivity index (χ3v) is 3.26. The molecule has 15 heavy (non-hydrogen) atoms. The number of fused-ring (bicyclic) bond motifs is 1. The largest absolute Gasteiger partial charge is 0.492 e. The number of nitrogens with one attached hydrogen (secondary N) is 1. The molecule has 0 aliphatic rings. The van der Waals surface area contributed by atoms with Crippen LogP contribution in [0.5, 0.6) is 5.75 Å². The minimum absolute atomic E-state index is 0.583. The number of aromatic nitrogens is 1. The van der Waals surface area contributed by atoms with Crippen LogP contribution >= 0.6 is 11.3 Å². The van der Waals surface area contributed by atoms with Gasteiger partial charge in [0.15, 0.2) is 4.80 Å². The van der Waals surface area contributed by atoms with Crippen LogP contribution in [0.2, 0.25) is 0 Å². The number of rotatable bonds is 3. The lowest BCUT2D eigenvalue weighted by molar-refractivity contribution is 0.342. The van der Waals surface area contributed by atoms with Crippen molar-refractivity contribution in [1.29, 1.82) is 5.41 Å². The molecule has 0 saturated carbocycles. The van der Waals surface area contributed by atoms with Gasteiger partial charge >= 0.3 is 0 Å². The van der Waals surface area contributed by atoms with E-state index in [4.69, 9.17) is 10.1 Å². The fourth-order valence-corrected chi connectivity index (χ4v) is 2.68. The topological polar surface area (TPSA) is 38.0 Å². The van der Waals surface area contributed by atoms with Gasteiger partial charge in [0.1, 0.15) is 11.3 Å². The molecule has 0 saturated heterocycles. The number of aryl methyl sites for hydroxylation is 1. The van der Waals surface area contributed by atoms with Crippen molar-refractivity contribution in [2.75, 3.05) is 6.61 Å². The van der Waals surface area contributed by atoms with Gasteiger partial charge in [0.2, 0.25) is 0 Å². The summed E-state index contributed by atoms with van der Waals surface area (Å²) >= 11 is 1.49. The highest BCUT2D eigenvalue weighted by molar-refractivity contribution is 7.16. The van der Waals surface area contributed by atoms with E-state index in [0.717, 1.165) is 22.5 Å². The third-order valence-electron chi connectivity index (χ3n) is 2.30. The number of nitrogens with zero attached hydrogens (tertiary/aromatic N) is 1. The predicted octanol–water partition coefficient (Wildman–Crippen LogP) is 2.60. The van der Waals surface area contributed by atoms with Crippen LogP contribution < -0.4 is 9.54 Å². The van der Waals surface area contributed by atoms with Crippen molar-refractivity contribution in [3.63, 3.8) is 0 Å². The molecule has 1 N–H and O–H groups in total. The van der Waals surface area contributed by atoms with Crippen molar-refractivity contribution in [2.24, 2.45) is 0 Å². The molecular weight excluding hydrogens is 208 g/mol. The van der Waals surface area contributed by atoms with Crippen LogP contribution in [0, 0.1) is 5.41 Å². The quantitative estimate of drug-likeness (QED) is 0.851. The second-order valence-corrected chi connectivity index (χ2v) is 4.22. The van der Waals surface area contributed by atoms with Gasteiger partial charge in [0, 0.05) is 6.54 Å². The number of hydrogen-bond acceptors (Lipinski definition) is 3. The minimum Gasteiger partial charge on any atom is -0.492 e. The second kappa shape index (κ2) is 4.06. The molecule has 0 amide bonds. The van der Waals surface area contributed by atoms with Gasteiger partial charge in [-0.05, 0) is 26.0 Å². The van der Waals surface area contributed by atoms with E-state index >= 15 is 0 Å². The molecule has 0 unspecified atom stereocenters. The molecule has 0 bridgehead atoms. The van der Waals surface area contributed by atoms with Crippen molar-refractivity contribution < 1.29 is 4.74 Å². The van der Waals surface area contributed by atoms with Gasteiger partial charge in [-0.2, -0.15) is 0 Å². The van der Waals surface area contributed by atoms with Crippen molar-refractivity contribution in [1.82, 2.24) is 4.57 Å². The van der Waals surface area contributed by atoms with Crippen molar-refractivity contribution in [3.05, 3.63) is 23.0 Å². The zero-order valence-electron chi connectivity index (χ0n) is 8.91. The zero-order valence-corrected chi connectivity index (χ0v) is 9.73. The lowest BCUT2D eigenvalue weighted by Gasteiger charge is -2.07. The van der Waals surface area contributed by atoms with Crippen molar-refractivity contribution >= 4 is 21.6 Å². The average molecular weight is 222 g/mol. The van der Waals surface area contributed by atoms with Gasteiger partial charge in [-0.1, -0.05) is 17.4 Å². The first-order valence-electron chi connectivity index (χ1n) is 5.07. The summed E-state index contributed by atoms with van der Waals surface area (Å²) in [7, 11) is 0. The molecule has 1 aromatic heterocycles. The highest BCUT2D eigenvalue weighted by atomic mass is 32.1. The summed E-state index contributed by atoms with van der Waals surface area (Å²) in [6, 6.07) is 5.97. The molecule has 0 fully saturated rings. The second-order valence-electron chi connectivity index (χ2n) is 3.19. The molecule has 0 aliphatic carbocycles. The molecule has 4 heteroatoms. The number of para-hydroxylation sites is 1. The summed E-state index contributed by atoms with van der Waals surface area (Å²) in [5.41, 5.74) is 1.05. The Kier molecular flexibility index (Phi) is 2.77. The Bertz CT molecular complexity index is 527. The molecule has 0 spiro atoms. The van der Waals surface area contributed by atoms with Crippen LogP contribution in [0.4, 0.5) is 0 Å². The fraction of sp³-hybridized carbons (Fsp3) is 0.364. The Hall–Kier alpha value is -1.29. The van der Waals surface area contributed by atoms with Crippen molar-refractivity contribution in [2.45, 2.75) is 20.4 Å². The lowest BCUT2D eigenvalue weighted by atomic mass is 10.3. The molecule has 0 aliphatic heterocycles. The van der Waals surface area contributed by atoms with E-state index in [0.29, 0.717) is 11.4 Å². The van der Waals surface area contributed by atoms with Crippen LogP contribution in [0.1, 0.15) is 13.8 Å². The standard InChI is InChI=1S/C11H14N2OS/c1-3-13-10-8(14-4-2)6-5-7-9(10)15-11(13)12/h5-7,12H,3-4H2,1-2H3. The number of ether oxygens (including phenoxy) is 1. The van der Waals surface area contributed by atoms with E-state index in [9.17, 15) is 0 Å². The summed E-state index contributed by atoms with van der Waals surface area (Å²) in [4.78, 5) is 0.583. The smallest absolute Gasteiger partial charge is 0.183 e. The van der Waals surface area contributed by atoms with E-state index < -0.39 is 0 Å². The first-order chi connectivity index (χ1) is 7.27. The van der Waals surface area contributed by atoms with E-state index in [-0.39, 0.29) is 0 Å². The molecule has 2 rings (SSSR count). The van der Waals surface area contributed by atoms with Gasteiger partial charge in [-0.3, -0.25) is 5.41 Å². The number of thiazole rings is 1. The van der Waals surface area contributed by atoms with E-state index in [1.165, 1.54) is 11.3 Å². The Morgan fingerprint density at radius 3 is 2.87 bits per heavy atom. The predicted molar refractivity (Wildman–Crippen MR) is 62.5 cm³/mol. The van der Waals surface area contributed by atoms with E-state index in [1.807, 2.05) is 36.6 Å². The Morgan fingerprint density at radius 2 is 2.20 bits per heavy atom. The molecule has 1 aromatic carbocycles. The molecule has 3 nitrogen and oxygen atoms in total. The van der Waals surface area contributed by atoms with Gasteiger partial charge in [-0.25, -0.2) is 0 Å². The summed E-state index contributed by atoms with van der Waals surface area (Å²) in [5, 5.41) is 7.85. The van der Waals surface area contributed by atoms with Crippen LogP contribution in [-0.2, 0) is 6.54 Å². The first kappa shape index (κ1) is 10.2. The first-order valence-corrected chi connectivity index (χ1v) is 5.89. The Balaban J connectivity index is 2.75.